The van der Waals surface area contributed by atoms with Crippen molar-refractivity contribution in [2.75, 3.05) is 20.1 Å². The van der Waals surface area contributed by atoms with Gasteiger partial charge in [0, 0.05) is 20.5 Å². The van der Waals surface area contributed by atoms with Crippen LogP contribution in [-0.2, 0) is 24.0 Å². The van der Waals surface area contributed by atoms with E-state index in [-0.39, 0.29) is 41.7 Å². The number of rotatable bonds is 14. The number of aliphatic carboxylic acids is 1. The first-order valence-corrected chi connectivity index (χ1v) is 14.8. The fraction of sp³-hybridized carbons (Fsp3) is 0.536. The third-order valence-electron chi connectivity index (χ3n) is 6.39. The Morgan fingerprint density at radius 3 is 1.89 bits per heavy atom. The Morgan fingerprint density at radius 2 is 1.47 bits per heavy atom. The number of halogens is 3. The highest BCUT2D eigenvalue weighted by Crippen LogP contribution is 2.24. The molecule has 3 atom stereocenters. The van der Waals surface area contributed by atoms with E-state index in [4.69, 9.17) is 15.6 Å². The van der Waals surface area contributed by atoms with E-state index in [9.17, 15) is 41.9 Å². The Balaban J connectivity index is 0.00000129. The zero-order valence-electron chi connectivity index (χ0n) is 25.2. The van der Waals surface area contributed by atoms with Crippen molar-refractivity contribution in [2.24, 2.45) is 11.7 Å². The molecule has 0 bridgehead atoms. The number of carbonyl (C=O) groups excluding carboxylic acids is 6. The first kappa shape index (κ1) is 39.0. The van der Waals surface area contributed by atoms with Gasteiger partial charge in [-0.2, -0.15) is 13.2 Å². The van der Waals surface area contributed by atoms with Crippen LogP contribution in [0.2, 0.25) is 0 Å². The van der Waals surface area contributed by atoms with Gasteiger partial charge in [-0.1, -0.05) is 37.7 Å². The van der Waals surface area contributed by atoms with E-state index in [0.29, 0.717) is 36.9 Å². The van der Waals surface area contributed by atoms with Gasteiger partial charge >= 0.3 is 12.1 Å². The number of hydrogen-bond donors (Lipinski definition) is 5. The van der Waals surface area contributed by atoms with Crippen molar-refractivity contribution >= 4 is 52.4 Å². The van der Waals surface area contributed by atoms with Crippen LogP contribution in [0.15, 0.2) is 24.3 Å². The number of carboxylic acid groups (broad SMARTS) is 1. The second-order valence-electron chi connectivity index (χ2n) is 10.2. The van der Waals surface area contributed by atoms with Gasteiger partial charge in [-0.25, -0.2) is 4.79 Å². The Kier molecular flexibility index (Phi) is 15.7. The largest absolute Gasteiger partial charge is 0.490 e. The third kappa shape index (κ3) is 12.1. The van der Waals surface area contributed by atoms with E-state index in [0.717, 1.165) is 16.7 Å². The molecular weight excluding hydrogens is 623 g/mol. The molecule has 2 rings (SSSR count). The van der Waals surface area contributed by atoms with Crippen LogP contribution in [0.1, 0.15) is 67.2 Å². The molecule has 1 heterocycles. The number of fused-ring (bicyclic) bond motifs is 1. The van der Waals surface area contributed by atoms with Gasteiger partial charge in [-0.15, -0.1) is 0 Å². The maximum atomic E-state index is 13.2. The summed E-state index contributed by atoms with van der Waals surface area (Å²) in [6, 6.07) is 4.83. The van der Waals surface area contributed by atoms with E-state index in [1.165, 1.54) is 14.0 Å². The van der Waals surface area contributed by atoms with Gasteiger partial charge in [0.05, 0.1) is 16.4 Å². The zero-order chi connectivity index (χ0) is 34.5. The average Bonchev–Trinajstić information content (AvgIpc) is 3.21. The maximum absolute atomic E-state index is 13.2. The first-order chi connectivity index (χ1) is 21.0. The van der Waals surface area contributed by atoms with Crippen LogP contribution < -0.4 is 21.7 Å². The number of likely N-dealkylation sites (N-methyl/N-ethyl adjacent to an activating group) is 1. The summed E-state index contributed by atoms with van der Waals surface area (Å²) in [5.74, 6) is -5.23. The molecule has 1 unspecified atom stereocenters. The van der Waals surface area contributed by atoms with Crippen molar-refractivity contribution in [1.29, 1.82) is 0 Å². The van der Waals surface area contributed by atoms with E-state index >= 15 is 0 Å². The Bertz CT molecular complexity index is 1230. The molecule has 0 aromatic heterocycles. The fourth-order valence-electron chi connectivity index (χ4n) is 4.13. The van der Waals surface area contributed by atoms with Crippen LogP contribution >= 0.6 is 11.8 Å². The van der Waals surface area contributed by atoms with Gasteiger partial charge in [-0.05, 0) is 50.3 Å². The normalized spacial score (nSPS) is 14.5. The van der Waals surface area contributed by atoms with Crippen molar-refractivity contribution in [2.45, 2.75) is 70.0 Å². The quantitative estimate of drug-likeness (QED) is 0.182. The lowest BCUT2D eigenvalue weighted by Crippen LogP contribution is -2.56. The van der Waals surface area contributed by atoms with Crippen LogP contribution in [0, 0.1) is 5.92 Å². The van der Waals surface area contributed by atoms with Crippen molar-refractivity contribution in [1.82, 2.24) is 20.9 Å². The minimum atomic E-state index is -5.08. The van der Waals surface area contributed by atoms with Gasteiger partial charge in [0.25, 0.3) is 11.8 Å². The number of benzene rings is 1. The van der Waals surface area contributed by atoms with Crippen molar-refractivity contribution in [3.63, 3.8) is 0 Å². The number of thioether (sulfide) groups is 1. The molecule has 250 valence electrons. The summed E-state index contributed by atoms with van der Waals surface area (Å²) < 4.78 is 31.7. The summed E-state index contributed by atoms with van der Waals surface area (Å²) in [6.07, 6.45) is -3.71. The van der Waals surface area contributed by atoms with Gasteiger partial charge in [0.15, 0.2) is 5.12 Å². The zero-order valence-corrected chi connectivity index (χ0v) is 26.0. The predicted octanol–water partition coefficient (Wildman–Crippen LogP) is 1.45. The molecule has 5 amide bonds. The number of nitrogens with two attached hydrogens (primary N) is 1. The molecule has 0 fully saturated rings. The molecular formula is C28H38F3N5O8S. The van der Waals surface area contributed by atoms with Crippen molar-refractivity contribution in [3.8, 4) is 0 Å². The number of amides is 5. The molecule has 45 heavy (non-hydrogen) atoms. The Morgan fingerprint density at radius 1 is 0.933 bits per heavy atom. The molecule has 1 aromatic rings. The van der Waals surface area contributed by atoms with E-state index in [1.54, 1.807) is 38.1 Å². The summed E-state index contributed by atoms with van der Waals surface area (Å²) >= 11 is 0.829. The SMILES string of the molecule is CNC(=O)[C@H](CCCN)NC(=O)[C@@H](NC(=O)C(CCCN1C(=O)c2ccccc2C1=O)SC(C)=O)C(C)C.O=C(O)C(F)(F)F. The second kappa shape index (κ2) is 18.1. The summed E-state index contributed by atoms with van der Waals surface area (Å²) in [6.45, 7) is 5.31. The fourth-order valence-corrected chi connectivity index (χ4v) is 4.99. The van der Waals surface area contributed by atoms with Gasteiger partial charge < -0.3 is 26.8 Å². The third-order valence-corrected chi connectivity index (χ3v) is 7.46. The number of nitrogens with one attached hydrogen (secondary N) is 3. The summed E-state index contributed by atoms with van der Waals surface area (Å²) in [7, 11) is 1.47. The smallest absolute Gasteiger partial charge is 0.475 e. The number of imide groups is 1. The first-order valence-electron chi connectivity index (χ1n) is 13.9. The Labute approximate surface area is 262 Å². The lowest BCUT2D eigenvalue weighted by molar-refractivity contribution is -0.192. The Hall–Kier alpha value is -3.99. The minimum absolute atomic E-state index is 0.0949. The molecule has 1 aliphatic heterocycles. The monoisotopic (exact) mass is 661 g/mol. The number of carboxylic acids is 1. The maximum Gasteiger partial charge on any atom is 0.490 e. The molecule has 0 spiro atoms. The second-order valence-corrected chi connectivity index (χ2v) is 11.6. The van der Waals surface area contributed by atoms with E-state index in [1.807, 2.05) is 0 Å². The van der Waals surface area contributed by atoms with Gasteiger partial charge in [0.2, 0.25) is 17.7 Å². The molecule has 0 radical (unpaired) electrons. The van der Waals surface area contributed by atoms with Crippen LogP contribution in [-0.4, -0.2) is 94.3 Å². The minimum Gasteiger partial charge on any atom is -0.475 e. The molecule has 1 aliphatic rings. The molecule has 0 aliphatic carbocycles. The summed E-state index contributed by atoms with van der Waals surface area (Å²) in [4.78, 5) is 85.5. The van der Waals surface area contributed by atoms with Crippen molar-refractivity contribution < 1.29 is 51.8 Å². The number of carbonyl (C=O) groups is 7. The van der Waals surface area contributed by atoms with E-state index < -0.39 is 41.3 Å². The highest BCUT2D eigenvalue weighted by atomic mass is 32.2. The van der Waals surface area contributed by atoms with Gasteiger partial charge in [0.1, 0.15) is 12.1 Å². The van der Waals surface area contributed by atoms with Crippen molar-refractivity contribution in [3.05, 3.63) is 35.4 Å². The average molecular weight is 662 g/mol. The predicted molar refractivity (Wildman–Crippen MR) is 158 cm³/mol. The lowest BCUT2D eigenvalue weighted by atomic mass is 10.0. The van der Waals surface area contributed by atoms with Gasteiger partial charge in [-0.3, -0.25) is 33.7 Å². The van der Waals surface area contributed by atoms with Crippen LogP contribution in [0.5, 0.6) is 0 Å². The van der Waals surface area contributed by atoms with Crippen LogP contribution in [0.4, 0.5) is 13.2 Å². The lowest BCUT2D eigenvalue weighted by Gasteiger charge is -2.26. The number of hydrogen-bond acceptors (Lipinski definition) is 9. The summed E-state index contributed by atoms with van der Waals surface area (Å²) in [5, 5.41) is 13.9. The molecule has 0 saturated carbocycles. The molecule has 13 nitrogen and oxygen atoms in total. The van der Waals surface area contributed by atoms with E-state index in [2.05, 4.69) is 16.0 Å². The molecule has 0 saturated heterocycles. The highest BCUT2D eigenvalue weighted by Gasteiger charge is 2.38. The number of alkyl halides is 3. The highest BCUT2D eigenvalue weighted by molar-refractivity contribution is 8.14. The van der Waals surface area contributed by atoms with Crippen LogP contribution in [0.25, 0.3) is 0 Å². The molecule has 6 N–H and O–H groups in total. The number of nitrogens with zero attached hydrogens (tertiary/aromatic N) is 1. The topological polar surface area (TPSA) is 205 Å². The van der Waals surface area contributed by atoms with Crippen LogP contribution in [0.3, 0.4) is 0 Å². The summed E-state index contributed by atoms with van der Waals surface area (Å²) in [5.41, 5.74) is 6.23. The molecule has 17 heteroatoms. The molecule has 1 aromatic carbocycles. The standard InChI is InChI=1S/C26H37N5O6S.C2HF3O2/c1-15(2)21(24(35)29-19(11-7-13-27)22(33)28-4)30-23(34)20(38-16(3)32)12-8-14-31-25(36)17-9-5-6-10-18(17)26(31)37;3-2(4,5)1(6)7/h5-6,9-10,15,19-21H,7-8,11-14,27H2,1-4H3,(H,28,33)(H,29,35)(H,30,34);(H,6,7)/t19-,20?,21-;/m0./s1.